The molecule has 0 N–H and O–H groups in total. The van der Waals surface area contributed by atoms with Crippen LogP contribution in [0.25, 0.3) is 11.1 Å². The number of likely N-dealkylation sites (tertiary alicyclic amines) is 1. The second kappa shape index (κ2) is 7.80. The topological polar surface area (TPSA) is 25.4 Å². The maximum Gasteiger partial charge on any atom is 0.119 e. The highest BCUT2D eigenvalue weighted by molar-refractivity contribution is 5.63. The first-order valence-electron chi connectivity index (χ1n) is 8.98. The Morgan fingerprint density at radius 2 is 1.75 bits per heavy atom. The standard InChI is InChI=1S/C21H28N2O/c1-21(2)11-3-14-23(17-21)15-4-16-24-20-7-5-18(6-8-20)19-9-12-22-13-10-19/h5-10,12-13H,3-4,11,14-17H2,1-2H3. The van der Waals surface area contributed by atoms with Gasteiger partial charge in [-0.2, -0.15) is 0 Å². The lowest BCUT2D eigenvalue weighted by Gasteiger charge is -2.38. The van der Waals surface area contributed by atoms with Crippen LogP contribution in [0.15, 0.2) is 48.8 Å². The zero-order valence-corrected chi connectivity index (χ0v) is 14.9. The fourth-order valence-corrected chi connectivity index (χ4v) is 3.50. The molecule has 0 amide bonds. The Morgan fingerprint density at radius 3 is 2.46 bits per heavy atom. The van der Waals surface area contributed by atoms with Gasteiger partial charge in [-0.15, -0.1) is 0 Å². The van der Waals surface area contributed by atoms with Gasteiger partial charge in [0, 0.05) is 25.5 Å². The first-order valence-corrected chi connectivity index (χ1v) is 8.98. The lowest BCUT2D eigenvalue weighted by atomic mass is 9.84. The molecule has 0 saturated carbocycles. The molecule has 1 aromatic heterocycles. The molecule has 3 nitrogen and oxygen atoms in total. The van der Waals surface area contributed by atoms with Crippen molar-refractivity contribution < 1.29 is 4.74 Å². The minimum absolute atomic E-state index is 0.474. The van der Waals surface area contributed by atoms with E-state index in [1.807, 2.05) is 24.5 Å². The zero-order valence-electron chi connectivity index (χ0n) is 14.9. The Bertz CT molecular complexity index is 622. The van der Waals surface area contributed by atoms with Crippen molar-refractivity contribution in [2.24, 2.45) is 5.41 Å². The molecule has 1 fully saturated rings. The van der Waals surface area contributed by atoms with Crippen LogP contribution in [0, 0.1) is 5.41 Å². The van der Waals surface area contributed by atoms with Crippen LogP contribution >= 0.6 is 0 Å². The summed E-state index contributed by atoms with van der Waals surface area (Å²) >= 11 is 0. The summed E-state index contributed by atoms with van der Waals surface area (Å²) in [5, 5.41) is 0. The summed E-state index contributed by atoms with van der Waals surface area (Å²) in [4.78, 5) is 6.64. The summed E-state index contributed by atoms with van der Waals surface area (Å²) in [5.41, 5.74) is 2.85. The fourth-order valence-electron chi connectivity index (χ4n) is 3.50. The monoisotopic (exact) mass is 324 g/mol. The molecule has 1 aliphatic rings. The highest BCUT2D eigenvalue weighted by atomic mass is 16.5. The van der Waals surface area contributed by atoms with Gasteiger partial charge in [-0.05, 0) is 66.6 Å². The van der Waals surface area contributed by atoms with Crippen LogP contribution in [0.4, 0.5) is 0 Å². The van der Waals surface area contributed by atoms with Crippen molar-refractivity contribution in [3.8, 4) is 16.9 Å². The average Bonchev–Trinajstić information content (AvgIpc) is 2.59. The maximum absolute atomic E-state index is 5.90. The van der Waals surface area contributed by atoms with E-state index in [9.17, 15) is 0 Å². The van der Waals surface area contributed by atoms with E-state index >= 15 is 0 Å². The van der Waals surface area contributed by atoms with Gasteiger partial charge in [-0.1, -0.05) is 26.0 Å². The highest BCUT2D eigenvalue weighted by Gasteiger charge is 2.25. The van der Waals surface area contributed by atoms with Gasteiger partial charge < -0.3 is 9.64 Å². The quantitative estimate of drug-likeness (QED) is 0.724. The molecule has 1 aliphatic heterocycles. The molecule has 2 aromatic rings. The maximum atomic E-state index is 5.90. The largest absolute Gasteiger partial charge is 0.494 e. The number of pyridine rings is 1. The summed E-state index contributed by atoms with van der Waals surface area (Å²) in [7, 11) is 0. The second-order valence-electron chi connectivity index (χ2n) is 7.51. The number of aromatic nitrogens is 1. The van der Waals surface area contributed by atoms with Crippen molar-refractivity contribution in [1.29, 1.82) is 0 Å². The molecule has 0 aliphatic carbocycles. The Labute approximate surface area is 145 Å². The Morgan fingerprint density at radius 1 is 1.04 bits per heavy atom. The van der Waals surface area contributed by atoms with Crippen LogP contribution in [0.5, 0.6) is 5.75 Å². The third-order valence-electron chi connectivity index (χ3n) is 4.73. The molecule has 0 atom stereocenters. The van der Waals surface area contributed by atoms with Gasteiger partial charge in [0.1, 0.15) is 5.75 Å². The van der Waals surface area contributed by atoms with Crippen LogP contribution in [-0.4, -0.2) is 36.1 Å². The SMILES string of the molecule is CC1(C)CCCN(CCCOc2ccc(-c3ccncc3)cc2)C1. The molecular formula is C21H28N2O. The zero-order chi connectivity index (χ0) is 16.8. The van der Waals surface area contributed by atoms with E-state index in [1.54, 1.807) is 0 Å². The molecule has 3 rings (SSSR count). The van der Waals surface area contributed by atoms with Crippen LogP contribution in [0.2, 0.25) is 0 Å². The normalized spacial score (nSPS) is 17.6. The van der Waals surface area contributed by atoms with E-state index in [2.05, 4.69) is 48.0 Å². The third kappa shape index (κ3) is 4.81. The number of hydrogen-bond acceptors (Lipinski definition) is 3. The van der Waals surface area contributed by atoms with Gasteiger partial charge in [0.25, 0.3) is 0 Å². The number of piperidine rings is 1. The average molecular weight is 324 g/mol. The molecule has 0 bridgehead atoms. The lowest BCUT2D eigenvalue weighted by molar-refractivity contribution is 0.111. The van der Waals surface area contributed by atoms with Gasteiger partial charge in [0.15, 0.2) is 0 Å². The number of hydrogen-bond donors (Lipinski definition) is 0. The Kier molecular flexibility index (Phi) is 5.52. The Balaban J connectivity index is 1.42. The van der Waals surface area contributed by atoms with Crippen LogP contribution < -0.4 is 4.74 Å². The van der Waals surface area contributed by atoms with Crippen molar-refractivity contribution in [1.82, 2.24) is 9.88 Å². The molecule has 1 saturated heterocycles. The Hall–Kier alpha value is -1.87. The van der Waals surface area contributed by atoms with E-state index < -0.39 is 0 Å². The molecule has 2 heterocycles. The van der Waals surface area contributed by atoms with Gasteiger partial charge in [0.05, 0.1) is 6.61 Å². The van der Waals surface area contributed by atoms with Gasteiger partial charge in [-0.25, -0.2) is 0 Å². The first kappa shape index (κ1) is 17.0. The van der Waals surface area contributed by atoms with E-state index in [0.717, 1.165) is 25.3 Å². The number of ether oxygens (including phenoxy) is 1. The van der Waals surface area contributed by atoms with Crippen molar-refractivity contribution in [2.45, 2.75) is 33.1 Å². The summed E-state index contributed by atoms with van der Waals surface area (Å²) in [6.45, 7) is 9.13. The number of nitrogens with zero attached hydrogens (tertiary/aromatic N) is 2. The van der Waals surface area contributed by atoms with E-state index in [-0.39, 0.29) is 0 Å². The van der Waals surface area contributed by atoms with Crippen molar-refractivity contribution in [3.63, 3.8) is 0 Å². The molecule has 128 valence electrons. The first-order chi connectivity index (χ1) is 11.6. The smallest absolute Gasteiger partial charge is 0.119 e. The van der Waals surface area contributed by atoms with Crippen LogP contribution in [-0.2, 0) is 0 Å². The van der Waals surface area contributed by atoms with Crippen LogP contribution in [0.3, 0.4) is 0 Å². The van der Waals surface area contributed by atoms with E-state index in [1.165, 1.54) is 37.1 Å². The van der Waals surface area contributed by atoms with Crippen LogP contribution in [0.1, 0.15) is 33.1 Å². The van der Waals surface area contributed by atoms with Crippen molar-refractivity contribution in [2.75, 3.05) is 26.2 Å². The summed E-state index contributed by atoms with van der Waals surface area (Å²) < 4.78 is 5.90. The molecule has 0 spiro atoms. The van der Waals surface area contributed by atoms with E-state index in [4.69, 9.17) is 4.74 Å². The minimum Gasteiger partial charge on any atom is -0.494 e. The number of benzene rings is 1. The van der Waals surface area contributed by atoms with E-state index in [0.29, 0.717) is 5.41 Å². The summed E-state index contributed by atoms with van der Waals surface area (Å²) in [6.07, 6.45) is 7.40. The molecule has 24 heavy (non-hydrogen) atoms. The summed E-state index contributed by atoms with van der Waals surface area (Å²) in [5.74, 6) is 0.951. The van der Waals surface area contributed by atoms with Crippen molar-refractivity contribution >= 4 is 0 Å². The molecule has 1 aromatic carbocycles. The number of rotatable bonds is 6. The van der Waals surface area contributed by atoms with Crippen molar-refractivity contribution in [3.05, 3.63) is 48.8 Å². The molecule has 0 unspecified atom stereocenters. The predicted octanol–water partition coefficient (Wildman–Crippen LogP) is 4.64. The van der Waals surface area contributed by atoms with Gasteiger partial charge in [-0.3, -0.25) is 4.98 Å². The summed E-state index contributed by atoms with van der Waals surface area (Å²) in [6, 6.07) is 12.4. The molecule has 3 heteroatoms. The predicted molar refractivity (Wildman–Crippen MR) is 99.2 cm³/mol. The van der Waals surface area contributed by atoms with Gasteiger partial charge in [0.2, 0.25) is 0 Å². The third-order valence-corrected chi connectivity index (χ3v) is 4.73. The molecular weight excluding hydrogens is 296 g/mol. The fraction of sp³-hybridized carbons (Fsp3) is 0.476. The second-order valence-corrected chi connectivity index (χ2v) is 7.51. The van der Waals surface area contributed by atoms with Gasteiger partial charge >= 0.3 is 0 Å². The highest BCUT2D eigenvalue weighted by Crippen LogP contribution is 2.28. The molecule has 0 radical (unpaired) electrons. The lowest BCUT2D eigenvalue weighted by Crippen LogP contribution is -2.40. The minimum atomic E-state index is 0.474.